The third-order valence-corrected chi connectivity index (χ3v) is 2.82. The van der Waals surface area contributed by atoms with Crippen LogP contribution in [-0.4, -0.2) is 51.3 Å². The molecule has 3 amide bonds. The Morgan fingerprint density at radius 2 is 2.06 bits per heavy atom. The molecule has 7 heteroatoms. The highest BCUT2D eigenvalue weighted by Gasteiger charge is 2.40. The number of carbonyl (C=O) groups is 3. The smallest absolute Gasteiger partial charge is 0.328 e. The molecule has 6 nitrogen and oxygen atoms in total. The van der Waals surface area contributed by atoms with Crippen LogP contribution in [0.2, 0.25) is 0 Å². The Labute approximate surface area is 105 Å². The zero-order chi connectivity index (χ0) is 13.2. The minimum atomic E-state index is -1.13. The number of aliphatic carboxylic acids is 1. The highest BCUT2D eigenvalue weighted by Crippen LogP contribution is 2.21. The van der Waals surface area contributed by atoms with E-state index in [0.717, 1.165) is 9.80 Å². The molecular weight excluding hydrogens is 244 g/mol. The van der Waals surface area contributed by atoms with Gasteiger partial charge in [0.2, 0.25) is 0 Å². The fourth-order valence-electron chi connectivity index (χ4n) is 1.67. The summed E-state index contributed by atoms with van der Waals surface area (Å²) in [5.74, 6) is -1.23. The van der Waals surface area contributed by atoms with Crippen molar-refractivity contribution in [2.24, 2.45) is 5.92 Å². The van der Waals surface area contributed by atoms with E-state index in [9.17, 15) is 14.4 Å². The predicted molar refractivity (Wildman–Crippen MR) is 63.7 cm³/mol. The molecule has 0 saturated carbocycles. The Hall–Kier alpha value is -1.24. The molecule has 1 unspecified atom stereocenters. The maximum Gasteiger partial charge on any atom is 0.328 e. The second-order valence-corrected chi connectivity index (χ2v) is 5.00. The van der Waals surface area contributed by atoms with Gasteiger partial charge in [0.25, 0.3) is 5.91 Å². The van der Waals surface area contributed by atoms with Crippen LogP contribution in [0.4, 0.5) is 4.79 Å². The molecule has 1 aliphatic rings. The van der Waals surface area contributed by atoms with Crippen LogP contribution in [0.3, 0.4) is 0 Å². The molecule has 0 radical (unpaired) electrons. The van der Waals surface area contributed by atoms with Crippen molar-refractivity contribution in [3.8, 4) is 0 Å². The molecule has 96 valence electrons. The van der Waals surface area contributed by atoms with E-state index in [1.165, 1.54) is 0 Å². The number of carboxylic acid groups (broad SMARTS) is 1. The number of carbonyl (C=O) groups excluding carboxylic acids is 2. The van der Waals surface area contributed by atoms with Crippen molar-refractivity contribution in [2.45, 2.75) is 25.6 Å². The molecule has 0 bridgehead atoms. The highest BCUT2D eigenvalue weighted by atomic mass is 32.1. The third kappa shape index (κ3) is 3.36. The number of hydrogen-bond donors (Lipinski definition) is 2. The minimum absolute atomic E-state index is 0.180. The van der Waals surface area contributed by atoms with E-state index in [2.05, 4.69) is 12.6 Å². The summed E-state index contributed by atoms with van der Waals surface area (Å²) in [6.07, 6.45) is 0.585. The van der Waals surface area contributed by atoms with E-state index >= 15 is 0 Å². The molecular formula is C10H16N2O4S. The summed E-state index contributed by atoms with van der Waals surface area (Å²) < 4.78 is 0. The van der Waals surface area contributed by atoms with Crippen LogP contribution in [0.15, 0.2) is 0 Å². The number of imide groups is 1. The van der Waals surface area contributed by atoms with Gasteiger partial charge >= 0.3 is 12.0 Å². The summed E-state index contributed by atoms with van der Waals surface area (Å²) in [7, 11) is 0. The molecule has 1 N–H and O–H groups in total. The van der Waals surface area contributed by atoms with Crippen molar-refractivity contribution >= 4 is 30.5 Å². The molecule has 1 heterocycles. The summed E-state index contributed by atoms with van der Waals surface area (Å²) in [6.45, 7) is 3.29. The quantitative estimate of drug-likeness (QED) is 0.561. The molecule has 1 fully saturated rings. The Kier molecular flexibility index (Phi) is 4.39. The summed E-state index contributed by atoms with van der Waals surface area (Å²) in [6, 6.07) is -0.571. The molecule has 0 aromatic heterocycles. The van der Waals surface area contributed by atoms with E-state index < -0.39 is 29.8 Å². The summed E-state index contributed by atoms with van der Waals surface area (Å²) in [5.41, 5.74) is 0. The second-order valence-electron chi connectivity index (χ2n) is 4.41. The van der Waals surface area contributed by atoms with E-state index in [4.69, 9.17) is 5.11 Å². The molecule has 17 heavy (non-hydrogen) atoms. The van der Waals surface area contributed by atoms with Gasteiger partial charge in [-0.25, -0.2) is 4.79 Å². The van der Waals surface area contributed by atoms with Gasteiger partial charge in [-0.3, -0.25) is 14.5 Å². The molecule has 1 aliphatic heterocycles. The number of hydrogen-bond acceptors (Lipinski definition) is 4. The van der Waals surface area contributed by atoms with Gasteiger partial charge in [0.05, 0.1) is 5.37 Å². The lowest BCUT2D eigenvalue weighted by molar-refractivity contribution is -0.137. The Morgan fingerprint density at radius 1 is 1.47 bits per heavy atom. The fraction of sp³-hybridized carbons (Fsp3) is 0.700. The first-order valence-electron chi connectivity index (χ1n) is 5.33. The van der Waals surface area contributed by atoms with Gasteiger partial charge in [0, 0.05) is 0 Å². The molecule has 0 aromatic carbocycles. The topological polar surface area (TPSA) is 77.9 Å². The summed E-state index contributed by atoms with van der Waals surface area (Å²) in [5, 5.41) is 8.11. The number of rotatable bonds is 5. The molecule has 0 aromatic rings. The number of urea groups is 1. The predicted octanol–water partition coefficient (Wildman–Crippen LogP) is 0.637. The normalized spacial score (nSPS) is 18.1. The van der Waals surface area contributed by atoms with Crippen molar-refractivity contribution in [3.63, 3.8) is 0 Å². The molecule has 0 aliphatic carbocycles. The highest BCUT2D eigenvalue weighted by molar-refractivity contribution is 7.80. The lowest BCUT2D eigenvalue weighted by Gasteiger charge is -2.23. The first kappa shape index (κ1) is 13.8. The Balaban J connectivity index is 2.71. The number of carboxylic acids is 1. The van der Waals surface area contributed by atoms with Crippen molar-refractivity contribution in [1.82, 2.24) is 9.80 Å². The van der Waals surface area contributed by atoms with Gasteiger partial charge in [-0.15, -0.1) is 0 Å². The number of thiol groups is 1. The van der Waals surface area contributed by atoms with Crippen LogP contribution in [0, 0.1) is 5.92 Å². The van der Waals surface area contributed by atoms with Crippen LogP contribution in [-0.2, 0) is 9.59 Å². The van der Waals surface area contributed by atoms with Crippen molar-refractivity contribution in [3.05, 3.63) is 0 Å². The lowest BCUT2D eigenvalue weighted by Crippen LogP contribution is -2.40. The van der Waals surface area contributed by atoms with E-state index in [1.807, 2.05) is 13.8 Å². The van der Waals surface area contributed by atoms with Crippen molar-refractivity contribution in [1.29, 1.82) is 0 Å². The van der Waals surface area contributed by atoms with Crippen LogP contribution in [0.1, 0.15) is 20.3 Å². The Bertz CT molecular complexity index is 345. The first-order valence-corrected chi connectivity index (χ1v) is 5.85. The van der Waals surface area contributed by atoms with E-state index in [-0.39, 0.29) is 6.54 Å². The van der Waals surface area contributed by atoms with Crippen LogP contribution in [0.5, 0.6) is 0 Å². The van der Waals surface area contributed by atoms with Crippen LogP contribution >= 0.6 is 12.6 Å². The van der Waals surface area contributed by atoms with Crippen LogP contribution < -0.4 is 0 Å². The van der Waals surface area contributed by atoms with Crippen molar-refractivity contribution in [2.75, 3.05) is 13.1 Å². The zero-order valence-corrected chi connectivity index (χ0v) is 10.7. The molecule has 1 atom stereocenters. The van der Waals surface area contributed by atoms with Gasteiger partial charge < -0.3 is 10.0 Å². The van der Waals surface area contributed by atoms with Gasteiger partial charge in [0.15, 0.2) is 0 Å². The third-order valence-electron chi connectivity index (χ3n) is 2.38. The average molecular weight is 260 g/mol. The number of nitrogens with zero attached hydrogens (tertiary/aromatic N) is 2. The summed E-state index contributed by atoms with van der Waals surface area (Å²) >= 11 is 4.22. The minimum Gasteiger partial charge on any atom is -0.480 e. The molecule has 0 spiro atoms. The standard InChI is InChI=1S/C10H16N2O4S/c1-6(2)3-8(17)12-7(13)4-11(10(12)16)5-9(14)15/h6,8,17H,3-5H2,1-2H3,(H,14,15). The lowest BCUT2D eigenvalue weighted by atomic mass is 10.1. The van der Waals surface area contributed by atoms with Gasteiger partial charge in [-0.2, -0.15) is 12.6 Å². The molecule has 1 saturated heterocycles. The van der Waals surface area contributed by atoms with E-state index in [1.54, 1.807) is 0 Å². The SMILES string of the molecule is CC(C)CC(S)N1C(=O)CN(CC(=O)O)C1=O. The maximum absolute atomic E-state index is 11.8. The van der Waals surface area contributed by atoms with E-state index in [0.29, 0.717) is 12.3 Å². The summed E-state index contributed by atoms with van der Waals surface area (Å²) in [4.78, 5) is 36.0. The fourth-order valence-corrected chi connectivity index (χ4v) is 2.32. The maximum atomic E-state index is 11.8. The van der Waals surface area contributed by atoms with Crippen molar-refractivity contribution < 1.29 is 19.5 Å². The Morgan fingerprint density at radius 3 is 2.53 bits per heavy atom. The molecule has 1 rings (SSSR count). The monoisotopic (exact) mass is 260 g/mol. The second kappa shape index (κ2) is 5.39. The largest absolute Gasteiger partial charge is 0.480 e. The van der Waals surface area contributed by atoms with Gasteiger partial charge in [0.1, 0.15) is 13.1 Å². The average Bonchev–Trinajstić information content (AvgIpc) is 2.39. The first-order chi connectivity index (χ1) is 7.82. The van der Waals surface area contributed by atoms with Gasteiger partial charge in [-0.05, 0) is 12.3 Å². The van der Waals surface area contributed by atoms with Gasteiger partial charge in [-0.1, -0.05) is 13.8 Å². The zero-order valence-electron chi connectivity index (χ0n) is 9.79. The number of amides is 3. The van der Waals surface area contributed by atoms with Crippen LogP contribution in [0.25, 0.3) is 0 Å².